The quantitative estimate of drug-likeness (QED) is 0.456. The smallest absolute Gasteiger partial charge is 0.270 e. The Hall–Kier alpha value is -2.95. The molecule has 0 spiro atoms. The molecule has 2 aromatic carbocycles. The van der Waals surface area contributed by atoms with Crippen LogP contribution in [0.15, 0.2) is 48.5 Å². The van der Waals surface area contributed by atoms with Crippen molar-refractivity contribution in [3.63, 3.8) is 0 Å². The number of aryl methyl sites for hydroxylation is 2. The van der Waals surface area contributed by atoms with Gasteiger partial charge in [-0.1, -0.05) is 37.3 Å². The SMILES string of the molecule is CC[C@H](NC(=O)/C=C/c1cccc([N+](=O)[O-])c1)c1ccc2c(c1)CCCC2. The van der Waals surface area contributed by atoms with Gasteiger partial charge < -0.3 is 5.32 Å². The Morgan fingerprint density at radius 2 is 1.96 bits per heavy atom. The predicted octanol–water partition coefficient (Wildman–Crippen LogP) is 4.75. The van der Waals surface area contributed by atoms with Crippen molar-refractivity contribution in [3.05, 3.63) is 80.9 Å². The lowest BCUT2D eigenvalue weighted by atomic mass is 9.89. The molecule has 0 aliphatic heterocycles. The van der Waals surface area contributed by atoms with Crippen molar-refractivity contribution in [3.8, 4) is 0 Å². The molecule has 0 unspecified atom stereocenters. The van der Waals surface area contributed by atoms with Gasteiger partial charge >= 0.3 is 0 Å². The summed E-state index contributed by atoms with van der Waals surface area (Å²) in [4.78, 5) is 22.7. The average molecular weight is 364 g/mol. The van der Waals surface area contributed by atoms with Crippen molar-refractivity contribution >= 4 is 17.7 Å². The van der Waals surface area contributed by atoms with E-state index in [9.17, 15) is 14.9 Å². The van der Waals surface area contributed by atoms with Crippen LogP contribution in [0.5, 0.6) is 0 Å². The van der Waals surface area contributed by atoms with Crippen LogP contribution in [0.2, 0.25) is 0 Å². The van der Waals surface area contributed by atoms with Crippen LogP contribution in [-0.2, 0) is 17.6 Å². The maximum Gasteiger partial charge on any atom is 0.270 e. The van der Waals surface area contributed by atoms with E-state index in [1.807, 2.05) is 0 Å². The molecular weight excluding hydrogens is 340 g/mol. The molecule has 0 heterocycles. The molecule has 0 fully saturated rings. The Labute approximate surface area is 159 Å². The summed E-state index contributed by atoms with van der Waals surface area (Å²) in [7, 11) is 0. The third-order valence-corrected chi connectivity index (χ3v) is 5.01. The van der Waals surface area contributed by atoms with Crippen LogP contribution in [0.3, 0.4) is 0 Å². The highest BCUT2D eigenvalue weighted by Gasteiger charge is 2.15. The zero-order valence-corrected chi connectivity index (χ0v) is 15.5. The first-order chi connectivity index (χ1) is 13.1. The number of nitrogens with zero attached hydrogens (tertiary/aromatic N) is 1. The van der Waals surface area contributed by atoms with Gasteiger partial charge in [0.25, 0.3) is 5.69 Å². The first-order valence-corrected chi connectivity index (χ1v) is 9.41. The van der Waals surface area contributed by atoms with Crippen LogP contribution in [0.25, 0.3) is 6.08 Å². The largest absolute Gasteiger partial charge is 0.346 e. The number of hydrogen-bond donors (Lipinski definition) is 1. The van der Waals surface area contributed by atoms with Gasteiger partial charge in [0.2, 0.25) is 5.91 Å². The van der Waals surface area contributed by atoms with Gasteiger partial charge in [0.05, 0.1) is 11.0 Å². The van der Waals surface area contributed by atoms with E-state index in [1.165, 1.54) is 42.2 Å². The van der Waals surface area contributed by atoms with Gasteiger partial charge in [0, 0.05) is 18.2 Å². The summed E-state index contributed by atoms with van der Waals surface area (Å²) in [5.41, 5.74) is 4.60. The first kappa shape index (κ1) is 18.8. The van der Waals surface area contributed by atoms with Crippen LogP contribution < -0.4 is 5.32 Å². The van der Waals surface area contributed by atoms with Gasteiger partial charge in [-0.05, 0) is 60.4 Å². The average Bonchev–Trinajstić information content (AvgIpc) is 2.70. The summed E-state index contributed by atoms with van der Waals surface area (Å²) in [5, 5.41) is 13.9. The number of non-ortho nitro benzene ring substituents is 1. The predicted molar refractivity (Wildman–Crippen MR) is 106 cm³/mol. The number of amides is 1. The molecule has 0 bridgehead atoms. The number of carbonyl (C=O) groups excluding carboxylic acids is 1. The van der Waals surface area contributed by atoms with Gasteiger partial charge in [-0.15, -0.1) is 0 Å². The van der Waals surface area contributed by atoms with E-state index in [-0.39, 0.29) is 17.6 Å². The van der Waals surface area contributed by atoms with E-state index in [4.69, 9.17) is 0 Å². The van der Waals surface area contributed by atoms with Crippen molar-refractivity contribution in [2.75, 3.05) is 0 Å². The fourth-order valence-electron chi connectivity index (χ4n) is 3.52. The number of rotatable bonds is 6. The summed E-state index contributed by atoms with van der Waals surface area (Å²) in [5.74, 6) is -0.203. The van der Waals surface area contributed by atoms with Gasteiger partial charge in [-0.3, -0.25) is 14.9 Å². The Balaban J connectivity index is 1.68. The molecule has 3 rings (SSSR count). The normalized spacial score (nSPS) is 14.6. The van der Waals surface area contributed by atoms with Crippen LogP contribution in [-0.4, -0.2) is 10.8 Å². The fourth-order valence-corrected chi connectivity index (χ4v) is 3.52. The van der Waals surface area contributed by atoms with Crippen molar-refractivity contribution in [1.82, 2.24) is 5.32 Å². The minimum Gasteiger partial charge on any atom is -0.346 e. The van der Waals surface area contributed by atoms with Crippen molar-refractivity contribution < 1.29 is 9.72 Å². The third kappa shape index (κ3) is 4.82. The number of nitro groups is 1. The number of nitrogens with one attached hydrogen (secondary N) is 1. The zero-order chi connectivity index (χ0) is 19.2. The molecule has 0 radical (unpaired) electrons. The molecule has 2 aromatic rings. The van der Waals surface area contributed by atoms with Gasteiger partial charge in [-0.25, -0.2) is 0 Å². The Morgan fingerprint density at radius 1 is 1.19 bits per heavy atom. The molecule has 5 heteroatoms. The molecule has 1 N–H and O–H groups in total. The molecule has 0 saturated carbocycles. The molecule has 1 aliphatic carbocycles. The minimum atomic E-state index is -0.444. The molecule has 1 atom stereocenters. The lowest BCUT2D eigenvalue weighted by Gasteiger charge is -2.21. The van der Waals surface area contributed by atoms with E-state index in [0.717, 1.165) is 24.8 Å². The molecule has 5 nitrogen and oxygen atoms in total. The lowest BCUT2D eigenvalue weighted by Crippen LogP contribution is -2.26. The number of fused-ring (bicyclic) bond motifs is 1. The standard InChI is InChI=1S/C22H24N2O3/c1-2-21(19-12-11-17-7-3-4-8-18(17)15-19)23-22(25)13-10-16-6-5-9-20(14-16)24(26)27/h5-6,9-15,21H,2-4,7-8H2,1H3,(H,23,25)/b13-10+/t21-/m0/s1. The number of hydrogen-bond acceptors (Lipinski definition) is 3. The summed E-state index contributed by atoms with van der Waals surface area (Å²) in [6.45, 7) is 2.05. The maximum absolute atomic E-state index is 12.3. The number of nitro benzene ring substituents is 1. The second-order valence-corrected chi connectivity index (χ2v) is 6.89. The molecule has 1 aliphatic rings. The summed E-state index contributed by atoms with van der Waals surface area (Å²) in [6.07, 6.45) is 8.57. The summed E-state index contributed by atoms with van der Waals surface area (Å²) < 4.78 is 0. The molecule has 0 saturated heterocycles. The first-order valence-electron chi connectivity index (χ1n) is 9.41. The summed E-state index contributed by atoms with van der Waals surface area (Å²) in [6, 6.07) is 12.7. The highest BCUT2D eigenvalue weighted by Crippen LogP contribution is 2.26. The van der Waals surface area contributed by atoms with E-state index in [2.05, 4.69) is 30.4 Å². The van der Waals surface area contributed by atoms with Crippen molar-refractivity contribution in [2.24, 2.45) is 0 Å². The van der Waals surface area contributed by atoms with Gasteiger partial charge in [-0.2, -0.15) is 0 Å². The van der Waals surface area contributed by atoms with E-state index >= 15 is 0 Å². The Kier molecular flexibility index (Phi) is 6.01. The summed E-state index contributed by atoms with van der Waals surface area (Å²) >= 11 is 0. The molecule has 140 valence electrons. The van der Waals surface area contributed by atoms with E-state index < -0.39 is 4.92 Å². The number of carbonyl (C=O) groups is 1. The molecule has 27 heavy (non-hydrogen) atoms. The van der Waals surface area contributed by atoms with Crippen molar-refractivity contribution in [1.29, 1.82) is 0 Å². The third-order valence-electron chi connectivity index (χ3n) is 5.01. The lowest BCUT2D eigenvalue weighted by molar-refractivity contribution is -0.384. The highest BCUT2D eigenvalue weighted by atomic mass is 16.6. The second kappa shape index (κ2) is 8.62. The van der Waals surface area contributed by atoms with E-state index in [0.29, 0.717) is 5.56 Å². The van der Waals surface area contributed by atoms with E-state index in [1.54, 1.807) is 18.2 Å². The van der Waals surface area contributed by atoms with Crippen molar-refractivity contribution in [2.45, 2.75) is 45.1 Å². The minimum absolute atomic E-state index is 0.0121. The topological polar surface area (TPSA) is 72.2 Å². The highest BCUT2D eigenvalue weighted by molar-refractivity contribution is 5.92. The number of benzene rings is 2. The Morgan fingerprint density at radius 3 is 2.70 bits per heavy atom. The fraction of sp³-hybridized carbons (Fsp3) is 0.318. The molecule has 0 aromatic heterocycles. The van der Waals surface area contributed by atoms with Crippen LogP contribution in [0.1, 0.15) is 54.5 Å². The maximum atomic E-state index is 12.3. The Bertz CT molecular complexity index is 874. The zero-order valence-electron chi connectivity index (χ0n) is 15.5. The molecular formula is C22H24N2O3. The monoisotopic (exact) mass is 364 g/mol. The van der Waals surface area contributed by atoms with Gasteiger partial charge in [0.15, 0.2) is 0 Å². The molecule has 1 amide bonds. The second-order valence-electron chi connectivity index (χ2n) is 6.89. The van der Waals surface area contributed by atoms with Crippen LogP contribution in [0.4, 0.5) is 5.69 Å². The van der Waals surface area contributed by atoms with Gasteiger partial charge in [0.1, 0.15) is 0 Å². The van der Waals surface area contributed by atoms with Crippen LogP contribution >= 0.6 is 0 Å². The van der Waals surface area contributed by atoms with Crippen LogP contribution in [0, 0.1) is 10.1 Å².